The molecular weight excluding hydrogens is 244 g/mol. The number of benzene rings is 1. The SMILES string of the molecule is CCCC(=O)O[C@H](COC)COCc1ccccc1. The lowest BCUT2D eigenvalue weighted by molar-refractivity contribution is -0.155. The second-order valence-corrected chi connectivity index (χ2v) is 4.32. The minimum Gasteiger partial charge on any atom is -0.457 e. The largest absolute Gasteiger partial charge is 0.457 e. The highest BCUT2D eigenvalue weighted by molar-refractivity contribution is 5.69. The Labute approximate surface area is 114 Å². The molecule has 0 saturated carbocycles. The van der Waals surface area contributed by atoms with E-state index in [0.29, 0.717) is 26.2 Å². The first-order valence-electron chi connectivity index (χ1n) is 6.56. The zero-order valence-electron chi connectivity index (χ0n) is 11.6. The van der Waals surface area contributed by atoms with E-state index in [-0.39, 0.29) is 12.1 Å². The molecule has 4 heteroatoms. The van der Waals surface area contributed by atoms with E-state index in [9.17, 15) is 4.79 Å². The molecule has 0 spiro atoms. The number of hydrogen-bond acceptors (Lipinski definition) is 4. The zero-order valence-corrected chi connectivity index (χ0v) is 11.6. The molecular formula is C15H22O4. The molecule has 0 radical (unpaired) electrons. The fourth-order valence-electron chi connectivity index (χ4n) is 1.63. The summed E-state index contributed by atoms with van der Waals surface area (Å²) in [6, 6.07) is 9.88. The summed E-state index contributed by atoms with van der Waals surface area (Å²) in [7, 11) is 1.58. The monoisotopic (exact) mass is 266 g/mol. The van der Waals surface area contributed by atoms with E-state index in [1.54, 1.807) is 7.11 Å². The quantitative estimate of drug-likeness (QED) is 0.644. The van der Waals surface area contributed by atoms with Crippen LogP contribution in [0.5, 0.6) is 0 Å². The molecule has 0 bridgehead atoms. The number of carbonyl (C=O) groups is 1. The smallest absolute Gasteiger partial charge is 0.306 e. The van der Waals surface area contributed by atoms with Crippen molar-refractivity contribution in [3.8, 4) is 0 Å². The molecule has 19 heavy (non-hydrogen) atoms. The third-order valence-corrected chi connectivity index (χ3v) is 2.52. The first-order valence-corrected chi connectivity index (χ1v) is 6.56. The van der Waals surface area contributed by atoms with Crippen LogP contribution in [-0.2, 0) is 25.6 Å². The van der Waals surface area contributed by atoms with Crippen LogP contribution in [0.2, 0.25) is 0 Å². The van der Waals surface area contributed by atoms with Crippen LogP contribution in [0.4, 0.5) is 0 Å². The number of methoxy groups -OCH3 is 1. The second-order valence-electron chi connectivity index (χ2n) is 4.32. The second kappa shape index (κ2) is 9.53. The number of hydrogen-bond donors (Lipinski definition) is 0. The molecule has 0 saturated heterocycles. The van der Waals surface area contributed by atoms with Gasteiger partial charge < -0.3 is 14.2 Å². The Bertz CT molecular complexity index is 350. The van der Waals surface area contributed by atoms with Crippen LogP contribution < -0.4 is 0 Å². The van der Waals surface area contributed by atoms with Gasteiger partial charge in [-0.05, 0) is 12.0 Å². The molecule has 0 amide bonds. The summed E-state index contributed by atoms with van der Waals surface area (Å²) in [5.41, 5.74) is 1.10. The molecule has 106 valence electrons. The summed E-state index contributed by atoms with van der Waals surface area (Å²) in [6.07, 6.45) is 0.871. The Morgan fingerprint density at radius 3 is 2.58 bits per heavy atom. The first-order chi connectivity index (χ1) is 9.26. The molecule has 0 aliphatic carbocycles. The van der Waals surface area contributed by atoms with E-state index >= 15 is 0 Å². The molecule has 4 nitrogen and oxygen atoms in total. The van der Waals surface area contributed by atoms with Gasteiger partial charge in [-0.15, -0.1) is 0 Å². The lowest BCUT2D eigenvalue weighted by atomic mass is 10.2. The summed E-state index contributed by atoms with van der Waals surface area (Å²) in [5.74, 6) is -0.201. The van der Waals surface area contributed by atoms with E-state index in [1.807, 2.05) is 37.3 Å². The molecule has 0 aromatic heterocycles. The summed E-state index contributed by atoms with van der Waals surface area (Å²) in [6.45, 7) is 3.15. The van der Waals surface area contributed by atoms with E-state index in [4.69, 9.17) is 14.2 Å². The predicted octanol–water partition coefficient (Wildman–Crippen LogP) is 2.56. The van der Waals surface area contributed by atoms with Gasteiger partial charge >= 0.3 is 5.97 Å². The van der Waals surface area contributed by atoms with Crippen molar-refractivity contribution in [1.29, 1.82) is 0 Å². The molecule has 0 fully saturated rings. The van der Waals surface area contributed by atoms with Gasteiger partial charge in [0.05, 0.1) is 19.8 Å². The van der Waals surface area contributed by atoms with E-state index in [1.165, 1.54) is 0 Å². The van der Waals surface area contributed by atoms with Crippen LogP contribution >= 0.6 is 0 Å². The molecule has 1 atom stereocenters. The Hall–Kier alpha value is -1.39. The number of carbonyl (C=O) groups excluding carboxylic acids is 1. The highest BCUT2D eigenvalue weighted by atomic mass is 16.6. The van der Waals surface area contributed by atoms with Crippen LogP contribution in [0.3, 0.4) is 0 Å². The van der Waals surface area contributed by atoms with Gasteiger partial charge in [0.2, 0.25) is 0 Å². The van der Waals surface area contributed by atoms with Gasteiger partial charge in [0.15, 0.2) is 0 Å². The van der Waals surface area contributed by atoms with Gasteiger partial charge in [0, 0.05) is 13.5 Å². The van der Waals surface area contributed by atoms with Gasteiger partial charge in [0.1, 0.15) is 6.10 Å². The summed E-state index contributed by atoms with van der Waals surface area (Å²) >= 11 is 0. The van der Waals surface area contributed by atoms with Gasteiger partial charge in [-0.2, -0.15) is 0 Å². The summed E-state index contributed by atoms with van der Waals surface area (Å²) in [4.78, 5) is 11.4. The number of rotatable bonds is 9. The summed E-state index contributed by atoms with van der Waals surface area (Å²) < 4.78 is 15.9. The molecule has 0 aliphatic heterocycles. The molecule has 0 heterocycles. The maximum atomic E-state index is 11.4. The lowest BCUT2D eigenvalue weighted by Crippen LogP contribution is -2.28. The van der Waals surface area contributed by atoms with Crippen LogP contribution in [-0.4, -0.2) is 32.4 Å². The maximum Gasteiger partial charge on any atom is 0.306 e. The topological polar surface area (TPSA) is 44.8 Å². The van der Waals surface area contributed by atoms with Gasteiger partial charge in [-0.25, -0.2) is 0 Å². The fourth-order valence-corrected chi connectivity index (χ4v) is 1.63. The van der Waals surface area contributed by atoms with Gasteiger partial charge in [-0.3, -0.25) is 4.79 Å². The zero-order chi connectivity index (χ0) is 13.9. The van der Waals surface area contributed by atoms with Crippen molar-refractivity contribution in [2.45, 2.75) is 32.5 Å². The lowest BCUT2D eigenvalue weighted by Gasteiger charge is -2.17. The predicted molar refractivity (Wildman–Crippen MR) is 72.8 cm³/mol. The minimum absolute atomic E-state index is 0.201. The average molecular weight is 266 g/mol. The van der Waals surface area contributed by atoms with Crippen molar-refractivity contribution >= 4 is 5.97 Å². The van der Waals surface area contributed by atoms with Crippen molar-refractivity contribution in [2.24, 2.45) is 0 Å². The normalized spacial score (nSPS) is 12.1. The number of esters is 1. The van der Waals surface area contributed by atoms with E-state index in [2.05, 4.69) is 0 Å². The van der Waals surface area contributed by atoms with Crippen LogP contribution in [0.25, 0.3) is 0 Å². The Balaban J connectivity index is 2.30. The third-order valence-electron chi connectivity index (χ3n) is 2.52. The van der Waals surface area contributed by atoms with Crippen LogP contribution in [0, 0.1) is 0 Å². The molecule has 0 N–H and O–H groups in total. The fraction of sp³-hybridized carbons (Fsp3) is 0.533. The van der Waals surface area contributed by atoms with Crippen molar-refractivity contribution in [1.82, 2.24) is 0 Å². The third kappa shape index (κ3) is 6.94. The van der Waals surface area contributed by atoms with Gasteiger partial charge in [0.25, 0.3) is 0 Å². The Morgan fingerprint density at radius 1 is 1.21 bits per heavy atom. The standard InChI is InChI=1S/C15H22O4/c1-3-7-15(16)19-14(11-17-2)12-18-10-13-8-5-4-6-9-13/h4-6,8-9,14H,3,7,10-12H2,1-2H3/t14-/m1/s1. The van der Waals surface area contributed by atoms with E-state index < -0.39 is 0 Å². The molecule has 0 aliphatic rings. The first kappa shape index (κ1) is 15.7. The van der Waals surface area contributed by atoms with Crippen LogP contribution in [0.1, 0.15) is 25.3 Å². The summed E-state index contributed by atoms with van der Waals surface area (Å²) in [5, 5.41) is 0. The average Bonchev–Trinajstić information content (AvgIpc) is 2.40. The highest BCUT2D eigenvalue weighted by Gasteiger charge is 2.14. The van der Waals surface area contributed by atoms with E-state index in [0.717, 1.165) is 12.0 Å². The number of ether oxygens (including phenoxy) is 3. The minimum atomic E-state index is -0.340. The van der Waals surface area contributed by atoms with Crippen LogP contribution in [0.15, 0.2) is 30.3 Å². The van der Waals surface area contributed by atoms with Crippen molar-refractivity contribution in [3.05, 3.63) is 35.9 Å². The van der Waals surface area contributed by atoms with Crippen molar-refractivity contribution < 1.29 is 19.0 Å². The van der Waals surface area contributed by atoms with Gasteiger partial charge in [-0.1, -0.05) is 37.3 Å². The Morgan fingerprint density at radius 2 is 1.95 bits per heavy atom. The molecule has 1 aromatic rings. The van der Waals surface area contributed by atoms with Crippen molar-refractivity contribution in [2.75, 3.05) is 20.3 Å². The highest BCUT2D eigenvalue weighted by Crippen LogP contribution is 2.04. The maximum absolute atomic E-state index is 11.4. The van der Waals surface area contributed by atoms with Crippen molar-refractivity contribution in [3.63, 3.8) is 0 Å². The Kier molecular flexibility index (Phi) is 7.86. The molecule has 1 aromatic carbocycles. The molecule has 0 unspecified atom stereocenters. The molecule has 1 rings (SSSR count).